The van der Waals surface area contributed by atoms with Crippen molar-refractivity contribution in [3.63, 3.8) is 0 Å². The van der Waals surface area contributed by atoms with Crippen LogP contribution in [0.3, 0.4) is 0 Å². The van der Waals surface area contributed by atoms with E-state index >= 15 is 0 Å². The molecule has 1 unspecified atom stereocenters. The summed E-state index contributed by atoms with van der Waals surface area (Å²) in [5, 5.41) is 3.37. The van der Waals surface area contributed by atoms with Crippen LogP contribution in [-0.2, 0) is 10.2 Å². The van der Waals surface area contributed by atoms with E-state index in [9.17, 15) is 4.79 Å². The van der Waals surface area contributed by atoms with Gasteiger partial charge in [-0.1, -0.05) is 39.8 Å². The molecule has 1 aliphatic rings. The first-order chi connectivity index (χ1) is 9.93. The van der Waals surface area contributed by atoms with E-state index in [0.29, 0.717) is 0 Å². The van der Waals surface area contributed by atoms with Gasteiger partial charge in [0.05, 0.1) is 6.04 Å². The Bertz CT molecular complexity index is 473. The number of anilines is 1. The lowest BCUT2D eigenvalue weighted by Gasteiger charge is -2.33. The maximum atomic E-state index is 12.6. The molecule has 3 heteroatoms. The maximum absolute atomic E-state index is 12.6. The first kappa shape index (κ1) is 16.0. The standard InChI is InChI=1S/C18H28N2O/c1-5-12-19-16-7-6-13-20(17(16)21)15-10-8-14(9-11-15)18(2,3)4/h8-11,16,19H,5-7,12-13H2,1-4H3. The van der Waals surface area contributed by atoms with E-state index in [2.05, 4.69) is 57.3 Å². The molecule has 0 radical (unpaired) electrons. The second-order valence-corrected chi connectivity index (χ2v) is 6.94. The van der Waals surface area contributed by atoms with Crippen molar-refractivity contribution in [1.82, 2.24) is 5.32 Å². The number of amides is 1. The number of piperidine rings is 1. The second kappa shape index (κ2) is 6.61. The highest BCUT2D eigenvalue weighted by Gasteiger charge is 2.29. The molecule has 0 bridgehead atoms. The van der Waals surface area contributed by atoms with Gasteiger partial charge in [-0.25, -0.2) is 0 Å². The Morgan fingerprint density at radius 2 is 1.90 bits per heavy atom. The molecule has 1 heterocycles. The third-order valence-electron chi connectivity index (χ3n) is 4.12. The molecule has 1 saturated heterocycles. The highest BCUT2D eigenvalue weighted by atomic mass is 16.2. The number of benzene rings is 1. The van der Waals surface area contributed by atoms with Crippen LogP contribution in [0.25, 0.3) is 0 Å². The van der Waals surface area contributed by atoms with E-state index in [1.165, 1.54) is 5.56 Å². The van der Waals surface area contributed by atoms with Crippen LogP contribution in [0.1, 0.15) is 52.5 Å². The highest BCUT2D eigenvalue weighted by molar-refractivity contribution is 5.97. The normalized spacial score (nSPS) is 19.9. The zero-order valence-corrected chi connectivity index (χ0v) is 13.8. The van der Waals surface area contributed by atoms with Gasteiger partial charge < -0.3 is 10.2 Å². The Morgan fingerprint density at radius 3 is 2.48 bits per heavy atom. The fourth-order valence-corrected chi connectivity index (χ4v) is 2.78. The summed E-state index contributed by atoms with van der Waals surface area (Å²) in [7, 11) is 0. The lowest BCUT2D eigenvalue weighted by molar-refractivity contribution is -0.121. The summed E-state index contributed by atoms with van der Waals surface area (Å²) in [4.78, 5) is 14.5. The Labute approximate surface area is 128 Å². The van der Waals surface area contributed by atoms with Gasteiger partial charge in [0.15, 0.2) is 0 Å². The third-order valence-corrected chi connectivity index (χ3v) is 4.12. The minimum Gasteiger partial charge on any atom is -0.311 e. The molecule has 1 aliphatic heterocycles. The molecule has 2 rings (SSSR count). The number of hydrogen-bond donors (Lipinski definition) is 1. The van der Waals surface area contributed by atoms with Crippen LogP contribution in [0, 0.1) is 0 Å². The molecule has 116 valence electrons. The number of nitrogens with zero attached hydrogens (tertiary/aromatic N) is 1. The summed E-state index contributed by atoms with van der Waals surface area (Å²) in [6.45, 7) is 10.5. The predicted octanol–water partition coefficient (Wildman–Crippen LogP) is 3.48. The van der Waals surface area contributed by atoms with Gasteiger partial charge in [-0.3, -0.25) is 4.79 Å². The number of hydrogen-bond acceptors (Lipinski definition) is 2. The molecule has 0 saturated carbocycles. The summed E-state index contributed by atoms with van der Waals surface area (Å²) >= 11 is 0. The SMILES string of the molecule is CCCNC1CCCN(c2ccc(C(C)(C)C)cc2)C1=O. The van der Waals surface area contributed by atoms with Gasteiger partial charge in [0, 0.05) is 12.2 Å². The van der Waals surface area contributed by atoms with Gasteiger partial charge in [-0.15, -0.1) is 0 Å². The largest absolute Gasteiger partial charge is 0.311 e. The van der Waals surface area contributed by atoms with Gasteiger partial charge in [0.1, 0.15) is 0 Å². The average Bonchev–Trinajstić information content (AvgIpc) is 2.45. The molecule has 3 nitrogen and oxygen atoms in total. The van der Waals surface area contributed by atoms with E-state index in [1.54, 1.807) is 0 Å². The summed E-state index contributed by atoms with van der Waals surface area (Å²) in [5.74, 6) is 0.221. The molecule has 0 aliphatic carbocycles. The van der Waals surface area contributed by atoms with Crippen LogP contribution >= 0.6 is 0 Å². The smallest absolute Gasteiger partial charge is 0.244 e. The monoisotopic (exact) mass is 288 g/mol. The van der Waals surface area contributed by atoms with Gasteiger partial charge in [-0.2, -0.15) is 0 Å². The molecule has 1 fully saturated rings. The Hall–Kier alpha value is -1.35. The molecule has 1 atom stereocenters. The Balaban J connectivity index is 2.11. The summed E-state index contributed by atoms with van der Waals surface area (Å²) in [6, 6.07) is 8.44. The molecular formula is C18H28N2O. The van der Waals surface area contributed by atoms with E-state index < -0.39 is 0 Å². The van der Waals surface area contributed by atoms with Crippen LogP contribution in [0.15, 0.2) is 24.3 Å². The minimum atomic E-state index is -0.0130. The quantitative estimate of drug-likeness (QED) is 0.920. The average molecular weight is 288 g/mol. The maximum Gasteiger partial charge on any atom is 0.244 e. The second-order valence-electron chi connectivity index (χ2n) is 6.94. The van der Waals surface area contributed by atoms with Gasteiger partial charge in [0.2, 0.25) is 5.91 Å². The lowest BCUT2D eigenvalue weighted by atomic mass is 9.87. The zero-order chi connectivity index (χ0) is 15.5. The number of nitrogens with one attached hydrogen (secondary N) is 1. The van der Waals surface area contributed by atoms with E-state index in [1.807, 2.05) is 4.90 Å². The fourth-order valence-electron chi connectivity index (χ4n) is 2.78. The van der Waals surface area contributed by atoms with Crippen molar-refractivity contribution in [2.45, 2.75) is 58.4 Å². The lowest BCUT2D eigenvalue weighted by Crippen LogP contribution is -2.51. The minimum absolute atomic E-state index is 0.0130. The molecule has 1 aromatic carbocycles. The van der Waals surface area contributed by atoms with Crippen molar-refractivity contribution < 1.29 is 4.79 Å². The van der Waals surface area contributed by atoms with E-state index in [-0.39, 0.29) is 17.4 Å². The van der Waals surface area contributed by atoms with Crippen molar-refractivity contribution in [3.05, 3.63) is 29.8 Å². The van der Waals surface area contributed by atoms with Gasteiger partial charge in [-0.05, 0) is 48.9 Å². The van der Waals surface area contributed by atoms with Crippen molar-refractivity contribution in [2.24, 2.45) is 0 Å². The topological polar surface area (TPSA) is 32.3 Å². The molecule has 1 amide bonds. The van der Waals surface area contributed by atoms with Crippen molar-refractivity contribution in [2.75, 3.05) is 18.0 Å². The number of rotatable bonds is 4. The van der Waals surface area contributed by atoms with Crippen LogP contribution in [0.4, 0.5) is 5.69 Å². The first-order valence-corrected chi connectivity index (χ1v) is 8.09. The van der Waals surface area contributed by atoms with Crippen LogP contribution < -0.4 is 10.2 Å². The van der Waals surface area contributed by atoms with Gasteiger partial charge in [0.25, 0.3) is 0 Å². The first-order valence-electron chi connectivity index (χ1n) is 8.09. The van der Waals surface area contributed by atoms with Gasteiger partial charge >= 0.3 is 0 Å². The molecule has 1 aromatic rings. The van der Waals surface area contributed by atoms with E-state index in [0.717, 1.165) is 38.0 Å². The number of carbonyl (C=O) groups is 1. The molecule has 1 N–H and O–H groups in total. The summed E-state index contributed by atoms with van der Waals surface area (Å²) in [5.41, 5.74) is 2.47. The zero-order valence-electron chi connectivity index (χ0n) is 13.8. The van der Waals surface area contributed by atoms with Crippen LogP contribution in [0.5, 0.6) is 0 Å². The Morgan fingerprint density at radius 1 is 1.24 bits per heavy atom. The summed E-state index contributed by atoms with van der Waals surface area (Å²) in [6.07, 6.45) is 3.08. The Kier molecular flexibility index (Phi) is 5.04. The van der Waals surface area contributed by atoms with Crippen molar-refractivity contribution >= 4 is 11.6 Å². The highest BCUT2D eigenvalue weighted by Crippen LogP contribution is 2.26. The molecule has 21 heavy (non-hydrogen) atoms. The third kappa shape index (κ3) is 3.85. The summed E-state index contributed by atoms with van der Waals surface area (Å²) < 4.78 is 0. The molecular weight excluding hydrogens is 260 g/mol. The van der Waals surface area contributed by atoms with Crippen molar-refractivity contribution in [3.8, 4) is 0 Å². The fraction of sp³-hybridized carbons (Fsp3) is 0.611. The predicted molar refractivity (Wildman–Crippen MR) is 88.8 cm³/mol. The van der Waals surface area contributed by atoms with E-state index in [4.69, 9.17) is 0 Å². The van der Waals surface area contributed by atoms with Crippen molar-refractivity contribution in [1.29, 1.82) is 0 Å². The molecule has 0 aromatic heterocycles. The molecule has 0 spiro atoms. The van der Waals surface area contributed by atoms with Crippen LogP contribution in [-0.4, -0.2) is 25.0 Å². The van der Waals surface area contributed by atoms with Crippen LogP contribution in [0.2, 0.25) is 0 Å². The number of carbonyl (C=O) groups excluding carboxylic acids is 1.